The summed E-state index contributed by atoms with van der Waals surface area (Å²) in [7, 11) is 1.51. The first-order valence-corrected chi connectivity index (χ1v) is 12.3. The molecular weight excluding hydrogens is 512 g/mol. The Labute approximate surface area is 219 Å². The third-order valence-corrected chi connectivity index (χ3v) is 6.88. The summed E-state index contributed by atoms with van der Waals surface area (Å²) in [4.78, 5) is 38.3. The van der Waals surface area contributed by atoms with E-state index in [9.17, 15) is 14.7 Å². The van der Waals surface area contributed by atoms with Crippen LogP contribution in [0.25, 0.3) is 21.0 Å². The predicted octanol–water partition coefficient (Wildman–Crippen LogP) is 1.77. The fourth-order valence-corrected chi connectivity index (χ4v) is 5.02. The molecule has 38 heavy (non-hydrogen) atoms. The van der Waals surface area contributed by atoms with Gasteiger partial charge < -0.3 is 30.6 Å². The number of methoxy groups -OCH3 is 1. The highest BCUT2D eigenvalue weighted by Crippen LogP contribution is 2.30. The first kappa shape index (κ1) is 25.3. The van der Waals surface area contributed by atoms with Gasteiger partial charge in [0.15, 0.2) is 6.10 Å². The van der Waals surface area contributed by atoms with E-state index in [-0.39, 0.29) is 24.8 Å². The van der Waals surface area contributed by atoms with Crippen LogP contribution in [0.4, 0.5) is 11.5 Å². The summed E-state index contributed by atoms with van der Waals surface area (Å²) >= 11 is 1.08. The summed E-state index contributed by atoms with van der Waals surface area (Å²) in [6, 6.07) is 6.80. The number of anilines is 2. The van der Waals surface area contributed by atoms with Gasteiger partial charge in [0.25, 0.3) is 11.5 Å². The topological polar surface area (TPSA) is 192 Å². The molecule has 1 aromatic carbocycles. The molecule has 0 saturated carbocycles. The van der Waals surface area contributed by atoms with Crippen LogP contribution < -0.4 is 21.3 Å². The number of hydrogen-bond donors (Lipinski definition) is 5. The van der Waals surface area contributed by atoms with Gasteiger partial charge in [-0.1, -0.05) is 0 Å². The monoisotopic (exact) mass is 536 g/mol. The molecule has 1 fully saturated rings. The van der Waals surface area contributed by atoms with Crippen LogP contribution in [0.1, 0.15) is 18.9 Å². The Hall–Kier alpha value is -4.40. The maximum absolute atomic E-state index is 13.2. The Morgan fingerprint density at radius 3 is 3.03 bits per heavy atom. The van der Waals surface area contributed by atoms with Gasteiger partial charge in [-0.15, -0.1) is 0 Å². The average molecular weight is 537 g/mol. The van der Waals surface area contributed by atoms with E-state index >= 15 is 0 Å². The zero-order valence-corrected chi connectivity index (χ0v) is 21.2. The number of nitrogen functional groups attached to an aromatic ring is 1. The third kappa shape index (κ3) is 4.67. The highest BCUT2D eigenvalue weighted by molar-refractivity contribution is 7.14. The van der Waals surface area contributed by atoms with Crippen molar-refractivity contribution in [2.75, 3.05) is 31.3 Å². The van der Waals surface area contributed by atoms with Gasteiger partial charge in [0, 0.05) is 29.0 Å². The number of nitrogens with zero attached hydrogens (tertiary/aromatic N) is 4. The van der Waals surface area contributed by atoms with Crippen LogP contribution >= 0.6 is 11.5 Å². The van der Waals surface area contributed by atoms with Gasteiger partial charge in [-0.25, -0.2) is 4.98 Å². The maximum Gasteiger partial charge on any atom is 0.282 e. The number of fused-ring (bicyclic) bond motifs is 3. The Morgan fingerprint density at radius 2 is 2.24 bits per heavy atom. The number of allylic oxidation sites excluding steroid dienone is 1. The molecule has 0 spiro atoms. The summed E-state index contributed by atoms with van der Waals surface area (Å²) < 4.78 is 15.3. The van der Waals surface area contributed by atoms with Crippen molar-refractivity contribution in [2.24, 2.45) is 0 Å². The fraction of sp³-hybridized carbons (Fsp3) is 0.250. The molecule has 5 rings (SSSR count). The van der Waals surface area contributed by atoms with Gasteiger partial charge in [-0.3, -0.25) is 19.9 Å². The lowest BCUT2D eigenvalue weighted by atomic mass is 10.1. The first-order chi connectivity index (χ1) is 18.3. The van der Waals surface area contributed by atoms with Crippen LogP contribution in [-0.2, 0) is 9.53 Å². The van der Waals surface area contributed by atoms with Gasteiger partial charge in [0.1, 0.15) is 23.6 Å². The number of benzene rings is 1. The molecule has 0 aliphatic carbocycles. The number of ether oxygens (including phenoxy) is 2. The first-order valence-electron chi connectivity index (χ1n) is 11.5. The number of aromatic amines is 1. The van der Waals surface area contributed by atoms with Crippen LogP contribution in [0.2, 0.25) is 0 Å². The summed E-state index contributed by atoms with van der Waals surface area (Å²) in [5.41, 5.74) is 6.98. The van der Waals surface area contributed by atoms with Crippen LogP contribution in [0, 0.1) is 5.41 Å². The molecule has 1 amide bonds. The second-order valence-corrected chi connectivity index (χ2v) is 9.28. The molecule has 4 heterocycles. The van der Waals surface area contributed by atoms with E-state index < -0.39 is 23.7 Å². The number of aromatic nitrogens is 4. The number of nitrogens with two attached hydrogens (primary N) is 1. The average Bonchev–Trinajstić information content (AvgIpc) is 3.28. The highest BCUT2D eigenvalue weighted by atomic mass is 32.1. The Balaban J connectivity index is 1.36. The largest absolute Gasteiger partial charge is 0.481 e. The molecular formula is C24H24N8O5S. The highest BCUT2D eigenvalue weighted by Gasteiger charge is 2.38. The quantitative estimate of drug-likeness (QED) is 0.179. The lowest BCUT2D eigenvalue weighted by molar-refractivity contribution is -0.157. The number of hydrogen-bond acceptors (Lipinski definition) is 12. The van der Waals surface area contributed by atoms with Gasteiger partial charge in [-0.2, -0.15) is 9.36 Å². The molecule has 0 radical (unpaired) electrons. The van der Waals surface area contributed by atoms with Crippen molar-refractivity contribution in [3.05, 3.63) is 58.4 Å². The summed E-state index contributed by atoms with van der Waals surface area (Å²) in [6.45, 7) is 1.95. The van der Waals surface area contributed by atoms with E-state index in [1.54, 1.807) is 37.4 Å². The smallest absolute Gasteiger partial charge is 0.282 e. The molecule has 4 aromatic rings. The molecule has 3 aromatic heterocycles. The van der Waals surface area contributed by atoms with Crippen molar-refractivity contribution in [3.63, 3.8) is 0 Å². The third-order valence-electron chi connectivity index (χ3n) is 5.99. The zero-order valence-electron chi connectivity index (χ0n) is 20.4. The minimum atomic E-state index is -1.56. The number of H-pyrrole nitrogens is 1. The summed E-state index contributed by atoms with van der Waals surface area (Å²) in [5, 5.41) is 23.5. The fourth-order valence-electron chi connectivity index (χ4n) is 4.17. The Morgan fingerprint density at radius 1 is 1.42 bits per heavy atom. The molecule has 0 bridgehead atoms. The molecule has 1 aliphatic heterocycles. The number of carbonyl (C=O) groups excluding carboxylic acids is 1. The number of amides is 1. The van der Waals surface area contributed by atoms with Crippen molar-refractivity contribution in [3.8, 4) is 5.88 Å². The predicted molar refractivity (Wildman–Crippen MR) is 142 cm³/mol. The zero-order chi connectivity index (χ0) is 27.0. The molecule has 196 valence electrons. The molecule has 2 unspecified atom stereocenters. The lowest BCUT2D eigenvalue weighted by Gasteiger charge is -2.33. The number of morpholine rings is 1. The number of aliphatic hydroxyl groups is 1. The van der Waals surface area contributed by atoms with Gasteiger partial charge in [0.2, 0.25) is 5.88 Å². The number of aliphatic hydroxyl groups excluding tert-OH is 1. The molecule has 1 saturated heterocycles. The van der Waals surface area contributed by atoms with E-state index in [1.807, 2.05) is 0 Å². The van der Waals surface area contributed by atoms with E-state index in [4.69, 9.17) is 20.6 Å². The van der Waals surface area contributed by atoms with E-state index in [2.05, 4.69) is 24.6 Å². The SMILES string of the molecule is COc1cc(N/C(C)=C\C(=N)N2CCOC(C(O)c3nc(=O)c4c(ccc5c(N)nsc54)[nH]3)C2=O)ccn1. The summed E-state index contributed by atoms with van der Waals surface area (Å²) in [5.74, 6) is -0.0901. The van der Waals surface area contributed by atoms with Crippen LogP contribution in [-0.4, -0.2) is 67.4 Å². The van der Waals surface area contributed by atoms with E-state index in [1.165, 1.54) is 18.1 Å². The van der Waals surface area contributed by atoms with Crippen molar-refractivity contribution < 1.29 is 19.4 Å². The minimum absolute atomic E-state index is 0.0797. The number of carbonyl (C=O) groups is 1. The van der Waals surface area contributed by atoms with E-state index in [0.717, 1.165) is 11.5 Å². The maximum atomic E-state index is 13.2. The van der Waals surface area contributed by atoms with Gasteiger partial charge >= 0.3 is 0 Å². The minimum Gasteiger partial charge on any atom is -0.481 e. The molecule has 1 aliphatic rings. The van der Waals surface area contributed by atoms with Crippen LogP contribution in [0.15, 0.2) is 47.0 Å². The summed E-state index contributed by atoms with van der Waals surface area (Å²) in [6.07, 6.45) is 0.142. The second-order valence-electron chi connectivity index (χ2n) is 8.51. The van der Waals surface area contributed by atoms with Gasteiger partial charge in [0.05, 0.1) is 35.9 Å². The molecule has 13 nitrogen and oxygen atoms in total. The molecule has 14 heteroatoms. The Kier molecular flexibility index (Phi) is 6.75. The van der Waals surface area contributed by atoms with Crippen molar-refractivity contribution >= 4 is 55.8 Å². The normalized spacial score (nSPS) is 17.1. The number of pyridine rings is 1. The van der Waals surface area contributed by atoms with Crippen molar-refractivity contribution in [2.45, 2.75) is 19.1 Å². The Bertz CT molecular complexity index is 1650. The van der Waals surface area contributed by atoms with Gasteiger partial charge in [-0.05, 0) is 42.7 Å². The van der Waals surface area contributed by atoms with Crippen LogP contribution in [0.5, 0.6) is 5.88 Å². The number of rotatable bonds is 6. The van der Waals surface area contributed by atoms with E-state index in [0.29, 0.717) is 44.1 Å². The number of nitrogens with one attached hydrogen (secondary N) is 3. The number of amidine groups is 1. The standard InChI is InChI=1S/C24H24N8O5S/c1-11(28-12-5-6-27-16(10-12)36-2)9-15(25)32-7-8-37-19(24(32)35)18(33)22-29-14-4-3-13-20(38-31-21(13)26)17(14)23(34)30-22/h3-6,9-10,18-19,25,33H,7-8H2,1-2H3,(H2,26,31)(H,27,28)(H,29,30,34)/b11-9-,25-15?. The molecule has 2 atom stereocenters. The van der Waals surface area contributed by atoms with Crippen molar-refractivity contribution in [1.82, 2.24) is 24.2 Å². The second kappa shape index (κ2) is 10.2. The lowest BCUT2D eigenvalue weighted by Crippen LogP contribution is -2.52. The molecule has 6 N–H and O–H groups in total. The van der Waals surface area contributed by atoms with Crippen LogP contribution in [0.3, 0.4) is 0 Å². The van der Waals surface area contributed by atoms with Crippen molar-refractivity contribution in [1.29, 1.82) is 5.41 Å².